The standard InChI is InChI=1S/C23H22ClN5O4/c1-2-33-22(31)14-5-7-16(8-6-14)27-23(32)28-10-11-29-17(13-28)18(21(25)30)19(24)20(29)15-4-3-9-26-12-15/h3-9,12H,2,10-11,13H2,1H3,(H2,25,30)(H,27,32). The van der Waals surface area contributed by atoms with E-state index in [1.54, 1.807) is 54.5 Å². The molecule has 170 valence electrons. The van der Waals surface area contributed by atoms with Gasteiger partial charge in [-0.2, -0.15) is 0 Å². The van der Waals surface area contributed by atoms with Crippen molar-refractivity contribution in [1.82, 2.24) is 14.5 Å². The second kappa shape index (κ2) is 9.33. The molecule has 0 radical (unpaired) electrons. The summed E-state index contributed by atoms with van der Waals surface area (Å²) >= 11 is 6.56. The molecular formula is C23H22ClN5O4. The number of hydrogen-bond acceptors (Lipinski definition) is 5. The minimum Gasteiger partial charge on any atom is -0.462 e. The van der Waals surface area contributed by atoms with Crippen LogP contribution < -0.4 is 11.1 Å². The van der Waals surface area contributed by atoms with Gasteiger partial charge in [-0.25, -0.2) is 9.59 Å². The highest BCUT2D eigenvalue weighted by Gasteiger charge is 2.31. The van der Waals surface area contributed by atoms with E-state index >= 15 is 0 Å². The van der Waals surface area contributed by atoms with Crippen LogP contribution in [0.2, 0.25) is 5.02 Å². The van der Waals surface area contributed by atoms with E-state index in [1.807, 2.05) is 10.6 Å². The zero-order chi connectivity index (χ0) is 23.5. The molecule has 9 nitrogen and oxygen atoms in total. The summed E-state index contributed by atoms with van der Waals surface area (Å²) in [5.74, 6) is -1.08. The Bertz CT molecular complexity index is 1210. The number of nitrogens with one attached hydrogen (secondary N) is 1. The van der Waals surface area contributed by atoms with Crippen molar-refractivity contribution in [2.45, 2.75) is 20.0 Å². The summed E-state index contributed by atoms with van der Waals surface area (Å²) in [4.78, 5) is 42.6. The van der Waals surface area contributed by atoms with Crippen molar-refractivity contribution in [3.63, 3.8) is 0 Å². The zero-order valence-corrected chi connectivity index (χ0v) is 18.6. The number of fused-ring (bicyclic) bond motifs is 1. The maximum atomic E-state index is 12.9. The second-order valence-corrected chi connectivity index (χ2v) is 7.77. The van der Waals surface area contributed by atoms with Gasteiger partial charge in [0.15, 0.2) is 0 Å². The molecule has 2 aromatic heterocycles. The van der Waals surface area contributed by atoms with Gasteiger partial charge in [0, 0.05) is 36.7 Å². The van der Waals surface area contributed by atoms with E-state index in [1.165, 1.54) is 0 Å². The Morgan fingerprint density at radius 2 is 1.94 bits per heavy atom. The van der Waals surface area contributed by atoms with E-state index in [9.17, 15) is 14.4 Å². The van der Waals surface area contributed by atoms with Crippen LogP contribution in [0.3, 0.4) is 0 Å². The summed E-state index contributed by atoms with van der Waals surface area (Å²) in [6.07, 6.45) is 3.32. The molecule has 0 saturated carbocycles. The first kappa shape index (κ1) is 22.3. The highest BCUT2D eigenvalue weighted by atomic mass is 35.5. The Balaban J connectivity index is 1.56. The molecule has 3 aromatic rings. The van der Waals surface area contributed by atoms with Crippen molar-refractivity contribution in [3.05, 3.63) is 70.6 Å². The summed E-state index contributed by atoms with van der Waals surface area (Å²) in [5, 5.41) is 3.06. The first-order valence-electron chi connectivity index (χ1n) is 10.3. The number of nitrogens with zero attached hydrogens (tertiary/aromatic N) is 3. The number of primary amides is 1. The SMILES string of the molecule is CCOC(=O)c1ccc(NC(=O)N2CCn3c(c(C(N)=O)c(Cl)c3-c3cccnc3)C2)cc1. The number of esters is 1. The van der Waals surface area contributed by atoms with Crippen molar-refractivity contribution in [2.75, 3.05) is 18.5 Å². The van der Waals surface area contributed by atoms with Gasteiger partial charge in [-0.15, -0.1) is 0 Å². The van der Waals surface area contributed by atoms with Crippen LogP contribution in [0.4, 0.5) is 10.5 Å². The third-order valence-corrected chi connectivity index (χ3v) is 5.73. The highest BCUT2D eigenvalue weighted by Crippen LogP contribution is 2.37. The molecule has 1 aromatic carbocycles. The summed E-state index contributed by atoms with van der Waals surface area (Å²) in [5.41, 5.74) is 8.74. The first-order valence-corrected chi connectivity index (χ1v) is 10.7. The summed E-state index contributed by atoms with van der Waals surface area (Å²) < 4.78 is 6.88. The quantitative estimate of drug-likeness (QED) is 0.556. The minimum atomic E-state index is -0.657. The average molecular weight is 468 g/mol. The lowest BCUT2D eigenvalue weighted by Crippen LogP contribution is -2.41. The third-order valence-electron chi connectivity index (χ3n) is 5.36. The summed E-state index contributed by atoms with van der Waals surface area (Å²) in [6.45, 7) is 3.01. The predicted octanol–water partition coefficient (Wildman–Crippen LogP) is 3.53. The fourth-order valence-corrected chi connectivity index (χ4v) is 4.25. The topological polar surface area (TPSA) is 120 Å². The smallest absolute Gasteiger partial charge is 0.338 e. The monoisotopic (exact) mass is 467 g/mol. The number of benzene rings is 1. The largest absolute Gasteiger partial charge is 0.462 e. The van der Waals surface area contributed by atoms with Crippen LogP contribution in [0.25, 0.3) is 11.3 Å². The van der Waals surface area contributed by atoms with Gasteiger partial charge in [0.2, 0.25) is 0 Å². The van der Waals surface area contributed by atoms with Crippen molar-refractivity contribution in [3.8, 4) is 11.3 Å². The molecule has 1 aliphatic rings. The Morgan fingerprint density at radius 1 is 1.18 bits per heavy atom. The van der Waals surface area contributed by atoms with Crippen LogP contribution >= 0.6 is 11.6 Å². The number of halogens is 1. The summed E-state index contributed by atoms with van der Waals surface area (Å²) in [6, 6.07) is 9.71. The molecule has 0 aliphatic carbocycles. The van der Waals surface area contributed by atoms with Gasteiger partial charge < -0.3 is 25.3 Å². The number of rotatable bonds is 5. The Labute approximate surface area is 195 Å². The van der Waals surface area contributed by atoms with Crippen molar-refractivity contribution in [2.24, 2.45) is 5.73 Å². The second-order valence-electron chi connectivity index (χ2n) is 7.39. The number of carbonyl (C=O) groups is 3. The van der Waals surface area contributed by atoms with Gasteiger partial charge in [0.05, 0.1) is 40.7 Å². The lowest BCUT2D eigenvalue weighted by Gasteiger charge is -2.30. The lowest BCUT2D eigenvalue weighted by atomic mass is 10.1. The zero-order valence-electron chi connectivity index (χ0n) is 17.9. The molecule has 10 heteroatoms. The maximum absolute atomic E-state index is 12.9. The highest BCUT2D eigenvalue weighted by molar-refractivity contribution is 6.36. The maximum Gasteiger partial charge on any atom is 0.338 e. The number of nitrogens with two attached hydrogens (primary N) is 1. The number of amides is 3. The molecule has 3 amide bonds. The number of anilines is 1. The number of ether oxygens (including phenoxy) is 1. The van der Waals surface area contributed by atoms with Gasteiger partial charge in [-0.05, 0) is 43.3 Å². The molecule has 33 heavy (non-hydrogen) atoms. The van der Waals surface area contributed by atoms with Crippen LogP contribution in [-0.2, 0) is 17.8 Å². The molecule has 0 bridgehead atoms. The Morgan fingerprint density at radius 3 is 2.58 bits per heavy atom. The van der Waals surface area contributed by atoms with Crippen molar-refractivity contribution < 1.29 is 19.1 Å². The van der Waals surface area contributed by atoms with E-state index in [0.29, 0.717) is 35.7 Å². The molecular weight excluding hydrogens is 446 g/mol. The lowest BCUT2D eigenvalue weighted by molar-refractivity contribution is 0.0526. The molecule has 1 aliphatic heterocycles. The van der Waals surface area contributed by atoms with Crippen LogP contribution in [0.1, 0.15) is 33.3 Å². The van der Waals surface area contributed by atoms with Gasteiger partial charge in [-0.3, -0.25) is 9.78 Å². The molecule has 4 rings (SSSR count). The number of hydrogen-bond donors (Lipinski definition) is 2. The molecule has 0 spiro atoms. The predicted molar refractivity (Wildman–Crippen MR) is 123 cm³/mol. The summed E-state index contributed by atoms with van der Waals surface area (Å²) in [7, 11) is 0. The van der Waals surface area contributed by atoms with E-state index in [-0.39, 0.29) is 29.8 Å². The number of pyridine rings is 1. The third kappa shape index (κ3) is 4.40. The van der Waals surface area contributed by atoms with E-state index in [0.717, 1.165) is 5.56 Å². The normalized spacial score (nSPS) is 12.7. The van der Waals surface area contributed by atoms with Crippen LogP contribution in [-0.4, -0.2) is 45.5 Å². The van der Waals surface area contributed by atoms with Gasteiger partial charge in [-0.1, -0.05) is 11.6 Å². The fraction of sp³-hybridized carbons (Fsp3) is 0.217. The van der Waals surface area contributed by atoms with Gasteiger partial charge in [0.25, 0.3) is 5.91 Å². The van der Waals surface area contributed by atoms with Crippen molar-refractivity contribution >= 4 is 35.2 Å². The molecule has 0 saturated heterocycles. The minimum absolute atomic E-state index is 0.158. The first-order chi connectivity index (χ1) is 15.9. The van der Waals surface area contributed by atoms with Crippen molar-refractivity contribution in [1.29, 1.82) is 0 Å². The van der Waals surface area contributed by atoms with Crippen LogP contribution in [0.5, 0.6) is 0 Å². The average Bonchev–Trinajstić information content (AvgIpc) is 3.11. The molecule has 3 heterocycles. The van der Waals surface area contributed by atoms with E-state index in [2.05, 4.69) is 10.3 Å². The Hall–Kier alpha value is -3.85. The molecule has 0 atom stereocenters. The fourth-order valence-electron chi connectivity index (χ4n) is 3.84. The molecule has 0 unspecified atom stereocenters. The van der Waals surface area contributed by atoms with Crippen LogP contribution in [0, 0.1) is 0 Å². The molecule has 3 N–H and O–H groups in total. The number of aromatic nitrogens is 2. The number of urea groups is 1. The molecule has 0 fully saturated rings. The number of carbonyl (C=O) groups excluding carboxylic acids is 3. The Kier molecular flexibility index (Phi) is 6.32. The van der Waals surface area contributed by atoms with E-state index < -0.39 is 11.9 Å². The van der Waals surface area contributed by atoms with E-state index in [4.69, 9.17) is 22.1 Å². The van der Waals surface area contributed by atoms with Crippen LogP contribution in [0.15, 0.2) is 48.8 Å². The van der Waals surface area contributed by atoms with Gasteiger partial charge in [0.1, 0.15) is 0 Å². The van der Waals surface area contributed by atoms with Gasteiger partial charge >= 0.3 is 12.0 Å².